The Labute approximate surface area is 134 Å². The lowest BCUT2D eigenvalue weighted by Gasteiger charge is -2.02. The van der Waals surface area contributed by atoms with E-state index in [2.05, 4.69) is 27.1 Å². The third-order valence-corrected chi connectivity index (χ3v) is 3.07. The van der Waals surface area contributed by atoms with Crippen molar-refractivity contribution < 1.29 is 9.32 Å². The van der Waals surface area contributed by atoms with E-state index in [1.165, 1.54) is 6.33 Å². The maximum absolute atomic E-state index is 12.0. The number of amides is 1. The fourth-order valence-electron chi connectivity index (χ4n) is 1.89. The number of allylic oxidation sites excluding steroid dienone is 5. The van der Waals surface area contributed by atoms with Gasteiger partial charge in [-0.2, -0.15) is 5.10 Å². The topological polar surface area (TPSA) is 85.8 Å². The Balaban J connectivity index is 1.85. The van der Waals surface area contributed by atoms with Crippen molar-refractivity contribution in [2.45, 2.75) is 19.9 Å². The Morgan fingerprint density at radius 1 is 1.52 bits per heavy atom. The van der Waals surface area contributed by atoms with E-state index < -0.39 is 0 Å². The molecular formula is C16H19N5O2. The molecule has 0 aliphatic rings. The van der Waals surface area contributed by atoms with Gasteiger partial charge in [0.05, 0.1) is 0 Å². The van der Waals surface area contributed by atoms with Gasteiger partial charge in [-0.3, -0.25) is 9.48 Å². The van der Waals surface area contributed by atoms with E-state index in [0.717, 1.165) is 12.0 Å². The third-order valence-electron chi connectivity index (χ3n) is 3.07. The summed E-state index contributed by atoms with van der Waals surface area (Å²) in [6.45, 7) is 6.72. The van der Waals surface area contributed by atoms with Gasteiger partial charge in [0.2, 0.25) is 0 Å². The van der Waals surface area contributed by atoms with Gasteiger partial charge in [0.1, 0.15) is 12.7 Å². The van der Waals surface area contributed by atoms with Crippen molar-refractivity contribution in [1.82, 2.24) is 25.2 Å². The largest absolute Gasteiger partial charge is 0.356 e. The van der Waals surface area contributed by atoms with Gasteiger partial charge in [0.15, 0.2) is 11.5 Å². The SMILES string of the molecule is C=C/C=C\C(=C/C)c1cc(C(=O)NCCCn2cncn2)no1. The second-order valence-corrected chi connectivity index (χ2v) is 4.68. The molecule has 2 aromatic rings. The van der Waals surface area contributed by atoms with Crippen LogP contribution in [0.15, 0.2) is 54.1 Å². The van der Waals surface area contributed by atoms with Crippen LogP contribution in [0, 0.1) is 0 Å². The maximum atomic E-state index is 12.0. The zero-order chi connectivity index (χ0) is 16.5. The average Bonchev–Trinajstić information content (AvgIpc) is 3.24. The van der Waals surface area contributed by atoms with Gasteiger partial charge in [-0.05, 0) is 13.3 Å². The molecule has 0 saturated carbocycles. The zero-order valence-electron chi connectivity index (χ0n) is 13.0. The van der Waals surface area contributed by atoms with Crippen LogP contribution in [-0.4, -0.2) is 32.4 Å². The number of nitrogens with one attached hydrogen (secondary N) is 1. The molecule has 23 heavy (non-hydrogen) atoms. The number of rotatable bonds is 8. The van der Waals surface area contributed by atoms with Gasteiger partial charge >= 0.3 is 0 Å². The predicted octanol–water partition coefficient (Wildman–Crippen LogP) is 2.23. The third kappa shape index (κ3) is 4.77. The molecule has 7 heteroatoms. The monoisotopic (exact) mass is 313 g/mol. The molecule has 0 aromatic carbocycles. The summed E-state index contributed by atoms with van der Waals surface area (Å²) in [5.74, 6) is 0.278. The van der Waals surface area contributed by atoms with Crippen LogP contribution in [0.5, 0.6) is 0 Å². The molecule has 0 aliphatic heterocycles. The molecule has 7 nitrogen and oxygen atoms in total. The van der Waals surface area contributed by atoms with Crippen molar-refractivity contribution in [3.63, 3.8) is 0 Å². The van der Waals surface area contributed by atoms with E-state index in [-0.39, 0.29) is 11.6 Å². The van der Waals surface area contributed by atoms with Gasteiger partial charge in [0.25, 0.3) is 5.91 Å². The molecule has 0 atom stereocenters. The number of aryl methyl sites for hydroxylation is 1. The lowest BCUT2D eigenvalue weighted by Crippen LogP contribution is -2.25. The molecule has 2 rings (SSSR count). The standard InChI is InChI=1S/C16H19N5O2/c1-3-5-7-13(4-2)15-10-14(20-23-15)16(22)18-8-6-9-21-12-17-11-19-21/h3-5,7,10-12H,1,6,8-9H2,2H3,(H,18,22)/b7-5-,13-4+. The predicted molar refractivity (Wildman–Crippen MR) is 86.5 cm³/mol. The number of carbonyl (C=O) groups is 1. The number of hydrogen-bond donors (Lipinski definition) is 1. The number of hydrogen-bond acceptors (Lipinski definition) is 5. The lowest BCUT2D eigenvalue weighted by atomic mass is 10.1. The summed E-state index contributed by atoms with van der Waals surface area (Å²) < 4.78 is 6.93. The summed E-state index contributed by atoms with van der Waals surface area (Å²) in [5, 5.41) is 10.6. The Hall–Kier alpha value is -2.96. The van der Waals surface area contributed by atoms with E-state index in [4.69, 9.17) is 4.52 Å². The second kappa shape index (κ2) is 8.47. The van der Waals surface area contributed by atoms with E-state index in [0.29, 0.717) is 18.8 Å². The molecule has 1 N–H and O–H groups in total. The van der Waals surface area contributed by atoms with Crippen molar-refractivity contribution in [2.75, 3.05) is 6.54 Å². The van der Waals surface area contributed by atoms with Gasteiger partial charge in [0, 0.05) is 24.7 Å². The molecule has 0 saturated heterocycles. The Morgan fingerprint density at radius 3 is 3.09 bits per heavy atom. The van der Waals surface area contributed by atoms with Crippen LogP contribution in [0.4, 0.5) is 0 Å². The molecule has 0 fully saturated rings. The molecule has 1 amide bonds. The van der Waals surface area contributed by atoms with Crippen molar-refractivity contribution in [3.05, 3.63) is 61.1 Å². The van der Waals surface area contributed by atoms with Crippen LogP contribution < -0.4 is 5.32 Å². The first kappa shape index (κ1) is 16.4. The smallest absolute Gasteiger partial charge is 0.273 e. The minimum absolute atomic E-state index is 0.257. The highest BCUT2D eigenvalue weighted by Gasteiger charge is 2.13. The van der Waals surface area contributed by atoms with E-state index in [1.54, 1.807) is 29.2 Å². The minimum Gasteiger partial charge on any atom is -0.356 e. The molecule has 0 aliphatic carbocycles. The summed E-state index contributed by atoms with van der Waals surface area (Å²) >= 11 is 0. The van der Waals surface area contributed by atoms with Crippen LogP contribution in [0.1, 0.15) is 29.6 Å². The summed E-state index contributed by atoms with van der Waals surface area (Å²) in [6.07, 6.45) is 11.1. The number of aromatic nitrogens is 4. The van der Waals surface area contributed by atoms with Crippen LogP contribution >= 0.6 is 0 Å². The fourth-order valence-corrected chi connectivity index (χ4v) is 1.89. The Bertz CT molecular complexity index is 698. The van der Waals surface area contributed by atoms with E-state index in [9.17, 15) is 4.79 Å². The second-order valence-electron chi connectivity index (χ2n) is 4.68. The molecule has 0 spiro atoms. The molecule has 0 unspecified atom stereocenters. The van der Waals surface area contributed by atoms with Crippen LogP contribution in [0.3, 0.4) is 0 Å². The highest BCUT2D eigenvalue weighted by molar-refractivity contribution is 5.93. The molecule has 2 aromatic heterocycles. The average molecular weight is 313 g/mol. The van der Waals surface area contributed by atoms with Gasteiger partial charge in [-0.1, -0.05) is 36.0 Å². The highest BCUT2D eigenvalue weighted by Crippen LogP contribution is 2.17. The number of nitrogens with zero attached hydrogens (tertiary/aromatic N) is 4. The van der Waals surface area contributed by atoms with Crippen LogP contribution in [0.25, 0.3) is 5.57 Å². The van der Waals surface area contributed by atoms with Gasteiger partial charge in [-0.15, -0.1) is 0 Å². The molecule has 2 heterocycles. The number of carbonyl (C=O) groups excluding carboxylic acids is 1. The summed E-state index contributed by atoms with van der Waals surface area (Å²) in [6, 6.07) is 1.62. The first-order chi connectivity index (χ1) is 11.2. The van der Waals surface area contributed by atoms with Crippen molar-refractivity contribution >= 4 is 11.5 Å². The van der Waals surface area contributed by atoms with E-state index >= 15 is 0 Å². The molecule has 0 bridgehead atoms. The first-order valence-corrected chi connectivity index (χ1v) is 7.27. The summed E-state index contributed by atoms with van der Waals surface area (Å²) in [5.41, 5.74) is 1.09. The molecular weight excluding hydrogens is 294 g/mol. The zero-order valence-corrected chi connectivity index (χ0v) is 13.0. The van der Waals surface area contributed by atoms with Gasteiger partial charge in [-0.25, -0.2) is 4.98 Å². The minimum atomic E-state index is -0.262. The molecule has 120 valence electrons. The Morgan fingerprint density at radius 2 is 2.39 bits per heavy atom. The summed E-state index contributed by atoms with van der Waals surface area (Å²) in [4.78, 5) is 15.9. The Kier molecular flexibility index (Phi) is 6.05. The molecule has 0 radical (unpaired) electrons. The van der Waals surface area contributed by atoms with Crippen LogP contribution in [0.2, 0.25) is 0 Å². The van der Waals surface area contributed by atoms with Crippen molar-refractivity contribution in [2.24, 2.45) is 0 Å². The van der Waals surface area contributed by atoms with E-state index in [1.807, 2.05) is 19.1 Å². The normalized spacial score (nSPS) is 11.8. The quantitative estimate of drug-likeness (QED) is 0.596. The first-order valence-electron chi connectivity index (χ1n) is 7.27. The highest BCUT2D eigenvalue weighted by atomic mass is 16.5. The lowest BCUT2D eigenvalue weighted by molar-refractivity contribution is 0.0943. The van der Waals surface area contributed by atoms with Crippen molar-refractivity contribution in [3.8, 4) is 0 Å². The fraction of sp³-hybridized carbons (Fsp3) is 0.250. The van der Waals surface area contributed by atoms with Gasteiger partial charge < -0.3 is 9.84 Å². The summed E-state index contributed by atoms with van der Waals surface area (Å²) in [7, 11) is 0. The maximum Gasteiger partial charge on any atom is 0.273 e. The van der Waals surface area contributed by atoms with Crippen molar-refractivity contribution in [1.29, 1.82) is 0 Å². The van der Waals surface area contributed by atoms with Crippen LogP contribution in [-0.2, 0) is 6.54 Å².